The van der Waals surface area contributed by atoms with Gasteiger partial charge in [-0.1, -0.05) is 104 Å². The van der Waals surface area contributed by atoms with Gasteiger partial charge in [0.15, 0.2) is 0 Å². The standard InChI is InChI=1S/C25H40O8.C10H14O3.C5H12O2/c1-5-7-9-11-13-19(23(28)29)15-21(26)32-17-25(3,4)18-33-22(27)16-20(24(30)31)14-12-10-8-6-2;1-2-3-4-5-6-8-7-9(11)13-10(8)12;1-5(2,3-6)4-7/h9-12,19-20H,5-8,13-18H2,1-4H3,(H,28,29)(H,30,31);4-5,8H,2-3,6-7H2,1H3;6-7H,3-4H2,1-2H3/b11-9+,12-10+;5-4+;. The molecule has 0 radical (unpaired) electrons. The summed E-state index contributed by atoms with van der Waals surface area (Å²) in [6, 6.07) is 0. The lowest BCUT2D eigenvalue weighted by atomic mass is 9.96. The van der Waals surface area contributed by atoms with Crippen molar-refractivity contribution in [2.24, 2.45) is 28.6 Å². The van der Waals surface area contributed by atoms with E-state index in [4.69, 9.17) is 19.7 Å². The number of aliphatic hydroxyl groups excluding tert-OH is 2. The normalized spacial score (nSPS) is 15.7. The molecule has 1 fully saturated rings. The SMILES string of the molecule is CC(C)(CO)CO.CCC/C=C/CC(CC(=O)OCC(C)(C)COC(=O)CC(C/C=C/CCC)C(=O)O)C(=O)O.CCC/C=C/CC1CC(=O)OC1=O. The van der Waals surface area contributed by atoms with Gasteiger partial charge >= 0.3 is 35.8 Å². The van der Waals surface area contributed by atoms with Crippen LogP contribution in [0.5, 0.6) is 0 Å². The van der Waals surface area contributed by atoms with Gasteiger partial charge in [0.05, 0.1) is 63.4 Å². The quantitative estimate of drug-likeness (QED) is 0.0355. The fourth-order valence-electron chi connectivity index (χ4n) is 4.04. The van der Waals surface area contributed by atoms with E-state index in [1.54, 1.807) is 39.8 Å². The number of carbonyl (C=O) groups is 6. The largest absolute Gasteiger partial charge is 0.481 e. The number of carbonyl (C=O) groups excluding carboxylic acids is 4. The highest BCUT2D eigenvalue weighted by molar-refractivity contribution is 5.94. The molecule has 13 nitrogen and oxygen atoms in total. The Hall–Kier alpha value is -3.84. The number of cyclic esters (lactones) is 2. The van der Waals surface area contributed by atoms with Crippen LogP contribution in [0.3, 0.4) is 0 Å². The first-order valence-corrected chi connectivity index (χ1v) is 18.6. The van der Waals surface area contributed by atoms with Crippen LogP contribution in [-0.4, -0.2) is 82.7 Å². The van der Waals surface area contributed by atoms with E-state index >= 15 is 0 Å². The van der Waals surface area contributed by atoms with Crippen LogP contribution in [0.25, 0.3) is 0 Å². The van der Waals surface area contributed by atoms with Crippen molar-refractivity contribution in [3.8, 4) is 0 Å². The second kappa shape index (κ2) is 29.6. The molecule has 1 heterocycles. The Kier molecular flexibility index (Phi) is 28.6. The number of carboxylic acid groups (broad SMARTS) is 2. The molecule has 1 rings (SSSR count). The number of rotatable bonds is 24. The Balaban J connectivity index is 0. The van der Waals surface area contributed by atoms with Crippen molar-refractivity contribution in [2.75, 3.05) is 26.4 Å². The molecule has 1 aliphatic heterocycles. The van der Waals surface area contributed by atoms with Crippen molar-refractivity contribution >= 4 is 35.8 Å². The van der Waals surface area contributed by atoms with E-state index in [2.05, 4.69) is 11.7 Å². The first-order chi connectivity index (χ1) is 24.9. The van der Waals surface area contributed by atoms with Crippen LogP contribution in [0, 0.1) is 28.6 Å². The molecule has 0 aromatic carbocycles. The van der Waals surface area contributed by atoms with Crippen molar-refractivity contribution in [3.63, 3.8) is 0 Å². The predicted molar refractivity (Wildman–Crippen MR) is 200 cm³/mol. The molecule has 0 aromatic rings. The maximum absolute atomic E-state index is 12.1. The number of esters is 4. The minimum absolute atomic E-state index is 0.0451. The second-order valence-corrected chi connectivity index (χ2v) is 14.6. The highest BCUT2D eigenvalue weighted by Crippen LogP contribution is 2.21. The van der Waals surface area contributed by atoms with Gasteiger partial charge in [-0.05, 0) is 38.5 Å². The van der Waals surface area contributed by atoms with Gasteiger partial charge in [-0.25, -0.2) is 0 Å². The van der Waals surface area contributed by atoms with Crippen molar-refractivity contribution in [3.05, 3.63) is 36.5 Å². The molecule has 0 bridgehead atoms. The summed E-state index contributed by atoms with van der Waals surface area (Å²) in [4.78, 5) is 68.6. The summed E-state index contributed by atoms with van der Waals surface area (Å²) in [5, 5.41) is 35.5. The lowest BCUT2D eigenvalue weighted by Crippen LogP contribution is -2.30. The number of unbranched alkanes of at least 4 members (excludes halogenated alkanes) is 3. The van der Waals surface area contributed by atoms with Gasteiger partial charge in [0.1, 0.15) is 0 Å². The van der Waals surface area contributed by atoms with Gasteiger partial charge in [-0.15, -0.1) is 0 Å². The van der Waals surface area contributed by atoms with E-state index in [1.165, 1.54) is 0 Å². The fraction of sp³-hybridized carbons (Fsp3) is 0.700. The molecule has 0 aliphatic carbocycles. The van der Waals surface area contributed by atoms with Gasteiger partial charge in [-0.2, -0.15) is 0 Å². The van der Waals surface area contributed by atoms with E-state index in [0.717, 1.165) is 38.5 Å². The fourth-order valence-corrected chi connectivity index (χ4v) is 4.04. The molecular weight excluding hydrogens is 688 g/mol. The summed E-state index contributed by atoms with van der Waals surface area (Å²) in [6.45, 7) is 13.2. The zero-order valence-corrected chi connectivity index (χ0v) is 33.0. The zero-order valence-electron chi connectivity index (χ0n) is 33.0. The third kappa shape index (κ3) is 28.4. The van der Waals surface area contributed by atoms with Gasteiger partial charge in [-0.3, -0.25) is 28.8 Å². The van der Waals surface area contributed by atoms with Gasteiger partial charge in [0.25, 0.3) is 0 Å². The smallest absolute Gasteiger partial charge is 0.317 e. The number of hydrogen-bond acceptors (Lipinski definition) is 11. The summed E-state index contributed by atoms with van der Waals surface area (Å²) in [7, 11) is 0. The average Bonchev–Trinajstić information content (AvgIpc) is 3.43. The molecule has 0 amide bonds. The topological polar surface area (TPSA) is 211 Å². The van der Waals surface area contributed by atoms with Crippen LogP contribution in [0.15, 0.2) is 36.5 Å². The van der Waals surface area contributed by atoms with E-state index in [0.29, 0.717) is 6.42 Å². The molecule has 0 spiro atoms. The lowest BCUT2D eigenvalue weighted by molar-refractivity contribution is -0.158. The molecule has 1 saturated heterocycles. The molecule has 3 atom stereocenters. The van der Waals surface area contributed by atoms with Crippen molar-refractivity contribution in [2.45, 2.75) is 126 Å². The summed E-state index contributed by atoms with van der Waals surface area (Å²) in [5.74, 6) is -6.08. The molecule has 13 heteroatoms. The molecule has 3 unspecified atom stereocenters. The van der Waals surface area contributed by atoms with Crippen LogP contribution in [0.4, 0.5) is 0 Å². The van der Waals surface area contributed by atoms with Crippen molar-refractivity contribution in [1.82, 2.24) is 0 Å². The van der Waals surface area contributed by atoms with Crippen molar-refractivity contribution < 1.29 is 63.4 Å². The number of ether oxygens (including phenoxy) is 3. The molecule has 4 N–H and O–H groups in total. The van der Waals surface area contributed by atoms with Gasteiger partial charge in [0.2, 0.25) is 0 Å². The van der Waals surface area contributed by atoms with E-state index < -0.39 is 41.1 Å². The van der Waals surface area contributed by atoms with Gasteiger partial charge < -0.3 is 34.6 Å². The third-order valence-electron chi connectivity index (χ3n) is 7.72. The Morgan fingerprint density at radius 2 is 1.09 bits per heavy atom. The highest BCUT2D eigenvalue weighted by atomic mass is 16.6. The minimum Gasteiger partial charge on any atom is -0.481 e. The lowest BCUT2D eigenvalue weighted by Gasteiger charge is -2.24. The van der Waals surface area contributed by atoms with Crippen molar-refractivity contribution in [1.29, 1.82) is 0 Å². The summed E-state index contributed by atoms with van der Waals surface area (Å²) >= 11 is 0. The molecular formula is C40H66O13. The number of hydrogen-bond donors (Lipinski definition) is 4. The number of aliphatic carboxylic acids is 2. The Labute approximate surface area is 315 Å². The molecule has 0 aromatic heterocycles. The molecule has 0 saturated carbocycles. The maximum atomic E-state index is 12.1. The minimum atomic E-state index is -1.06. The Bertz CT molecular complexity index is 1120. The van der Waals surface area contributed by atoms with Crippen LogP contribution >= 0.6 is 0 Å². The van der Waals surface area contributed by atoms with Gasteiger partial charge in [0, 0.05) is 10.8 Å². The predicted octanol–water partition coefficient (Wildman–Crippen LogP) is 6.59. The zero-order chi connectivity index (χ0) is 40.9. The Morgan fingerprint density at radius 3 is 1.40 bits per heavy atom. The summed E-state index contributed by atoms with van der Waals surface area (Å²) < 4.78 is 14.9. The van der Waals surface area contributed by atoms with Crippen LogP contribution < -0.4 is 0 Å². The van der Waals surface area contributed by atoms with Crippen LogP contribution in [0.1, 0.15) is 126 Å². The van der Waals surface area contributed by atoms with E-state index in [9.17, 15) is 39.0 Å². The highest BCUT2D eigenvalue weighted by Gasteiger charge is 2.32. The average molecular weight is 755 g/mol. The molecule has 1 aliphatic rings. The summed E-state index contributed by atoms with van der Waals surface area (Å²) in [6.07, 6.45) is 18.0. The first-order valence-electron chi connectivity index (χ1n) is 18.6. The van der Waals surface area contributed by atoms with E-state index in [-0.39, 0.29) is 81.8 Å². The molecule has 53 heavy (non-hydrogen) atoms. The number of carboxylic acids is 2. The van der Waals surface area contributed by atoms with E-state index in [1.807, 2.05) is 38.2 Å². The van der Waals surface area contributed by atoms with Crippen LogP contribution in [-0.2, 0) is 43.0 Å². The second-order valence-electron chi connectivity index (χ2n) is 14.6. The number of allylic oxidation sites excluding steroid dienone is 6. The monoisotopic (exact) mass is 754 g/mol. The Morgan fingerprint density at radius 1 is 0.698 bits per heavy atom. The van der Waals surface area contributed by atoms with Crippen LogP contribution in [0.2, 0.25) is 0 Å². The number of aliphatic hydroxyl groups is 2. The first kappa shape index (κ1) is 51.3. The summed E-state index contributed by atoms with van der Waals surface area (Å²) in [5.41, 5.74) is -1.01. The third-order valence-corrected chi connectivity index (χ3v) is 7.72. The maximum Gasteiger partial charge on any atom is 0.317 e. The molecule has 304 valence electrons.